The van der Waals surface area contributed by atoms with Crippen LogP contribution in [0.5, 0.6) is 0 Å². The quantitative estimate of drug-likeness (QED) is 0.621. The van der Waals surface area contributed by atoms with Crippen molar-refractivity contribution < 1.29 is 9.18 Å². The third-order valence-corrected chi connectivity index (χ3v) is 5.35. The van der Waals surface area contributed by atoms with Gasteiger partial charge in [0, 0.05) is 0 Å². The Morgan fingerprint density at radius 2 is 1.96 bits per heavy atom. The number of rotatable bonds is 5. The number of hydrogen-bond acceptors (Lipinski definition) is 4. The molecule has 140 valence electrons. The standard InChI is InChI=1S/C19H18ClFN4OS/c1-11-6-4-5-7-17(11)25-13(3)23-24-19(25)27-12(2)18(26)22-16-9-8-14(21)10-15(16)20/h4-10,12H,1-3H3,(H,22,26). The van der Waals surface area contributed by atoms with E-state index in [0.717, 1.165) is 23.1 Å². The maximum absolute atomic E-state index is 13.2. The topological polar surface area (TPSA) is 59.8 Å². The lowest BCUT2D eigenvalue weighted by molar-refractivity contribution is -0.115. The van der Waals surface area contributed by atoms with E-state index in [9.17, 15) is 9.18 Å². The van der Waals surface area contributed by atoms with E-state index in [1.54, 1.807) is 6.92 Å². The Hall–Kier alpha value is -2.38. The molecule has 0 aliphatic rings. The van der Waals surface area contributed by atoms with E-state index in [2.05, 4.69) is 15.5 Å². The maximum Gasteiger partial charge on any atom is 0.237 e. The molecule has 0 saturated heterocycles. The van der Waals surface area contributed by atoms with E-state index in [-0.39, 0.29) is 10.9 Å². The maximum atomic E-state index is 13.2. The monoisotopic (exact) mass is 404 g/mol. The number of thioether (sulfide) groups is 1. The minimum Gasteiger partial charge on any atom is -0.324 e. The van der Waals surface area contributed by atoms with Crippen molar-refractivity contribution in [2.45, 2.75) is 31.2 Å². The number of aromatic nitrogens is 3. The Balaban J connectivity index is 1.79. The normalized spacial score (nSPS) is 12.0. The van der Waals surface area contributed by atoms with Crippen LogP contribution in [0.3, 0.4) is 0 Å². The van der Waals surface area contributed by atoms with Crippen molar-refractivity contribution in [1.82, 2.24) is 14.8 Å². The molecule has 1 unspecified atom stereocenters. The average Bonchev–Trinajstić information content (AvgIpc) is 2.98. The van der Waals surface area contributed by atoms with Crippen LogP contribution in [0.1, 0.15) is 18.3 Å². The number of nitrogens with one attached hydrogen (secondary N) is 1. The Morgan fingerprint density at radius 3 is 2.67 bits per heavy atom. The summed E-state index contributed by atoms with van der Waals surface area (Å²) in [4.78, 5) is 12.5. The van der Waals surface area contributed by atoms with Crippen LogP contribution < -0.4 is 5.32 Å². The highest BCUT2D eigenvalue weighted by atomic mass is 35.5. The molecular formula is C19H18ClFN4OS. The minimum atomic E-state index is -0.461. The molecule has 0 aliphatic heterocycles. The fourth-order valence-corrected chi connectivity index (χ4v) is 3.67. The SMILES string of the molecule is Cc1ccccc1-n1c(C)nnc1SC(C)C(=O)Nc1ccc(F)cc1Cl. The predicted octanol–water partition coefficient (Wildman–Crippen LogP) is 4.80. The van der Waals surface area contributed by atoms with Gasteiger partial charge in [-0.05, 0) is 50.6 Å². The molecule has 3 rings (SSSR count). The fourth-order valence-electron chi connectivity index (χ4n) is 2.55. The Labute approximate surface area is 166 Å². The molecule has 3 aromatic rings. The van der Waals surface area contributed by atoms with Crippen molar-refractivity contribution in [2.75, 3.05) is 5.32 Å². The molecular weight excluding hydrogens is 387 g/mol. The van der Waals surface area contributed by atoms with Crippen molar-refractivity contribution in [2.24, 2.45) is 0 Å². The zero-order chi connectivity index (χ0) is 19.6. The molecule has 8 heteroatoms. The van der Waals surface area contributed by atoms with Crippen LogP contribution in [0.25, 0.3) is 5.69 Å². The molecule has 1 N–H and O–H groups in total. The van der Waals surface area contributed by atoms with Gasteiger partial charge in [-0.1, -0.05) is 41.6 Å². The zero-order valence-corrected chi connectivity index (χ0v) is 16.6. The second-order valence-corrected chi connectivity index (χ2v) is 7.74. The number of hydrogen-bond donors (Lipinski definition) is 1. The summed E-state index contributed by atoms with van der Waals surface area (Å²) >= 11 is 7.27. The number of carbonyl (C=O) groups is 1. The first-order chi connectivity index (χ1) is 12.9. The van der Waals surface area contributed by atoms with Crippen LogP contribution >= 0.6 is 23.4 Å². The van der Waals surface area contributed by atoms with Crippen molar-refractivity contribution in [3.05, 3.63) is 64.7 Å². The number of anilines is 1. The summed E-state index contributed by atoms with van der Waals surface area (Å²) in [5, 5.41) is 11.4. The van der Waals surface area contributed by atoms with Gasteiger partial charge in [0.1, 0.15) is 11.6 Å². The fraction of sp³-hybridized carbons (Fsp3) is 0.211. The first kappa shape index (κ1) is 19.4. The van der Waals surface area contributed by atoms with Crippen LogP contribution in [0.4, 0.5) is 10.1 Å². The summed E-state index contributed by atoms with van der Waals surface area (Å²) in [6, 6.07) is 11.8. The molecule has 1 atom stereocenters. The predicted molar refractivity (Wildman–Crippen MR) is 106 cm³/mol. The van der Waals surface area contributed by atoms with Crippen molar-refractivity contribution >= 4 is 35.0 Å². The van der Waals surface area contributed by atoms with Crippen LogP contribution in [0.15, 0.2) is 47.6 Å². The Bertz CT molecular complexity index is 992. The number of amides is 1. The number of carbonyl (C=O) groups excluding carboxylic acids is 1. The largest absolute Gasteiger partial charge is 0.324 e. The molecule has 0 spiro atoms. The molecule has 1 amide bonds. The zero-order valence-electron chi connectivity index (χ0n) is 15.0. The number of benzene rings is 2. The molecule has 1 aromatic heterocycles. The molecule has 0 saturated carbocycles. The Morgan fingerprint density at radius 1 is 1.22 bits per heavy atom. The first-order valence-electron chi connectivity index (χ1n) is 8.27. The van der Waals surface area contributed by atoms with Gasteiger partial charge in [0.15, 0.2) is 5.16 Å². The van der Waals surface area contributed by atoms with Crippen LogP contribution in [0.2, 0.25) is 5.02 Å². The van der Waals surface area contributed by atoms with Gasteiger partial charge in [-0.25, -0.2) is 4.39 Å². The summed E-state index contributed by atoms with van der Waals surface area (Å²) < 4.78 is 15.1. The Kier molecular flexibility index (Phi) is 5.82. The molecule has 27 heavy (non-hydrogen) atoms. The third kappa shape index (κ3) is 4.31. The molecule has 2 aromatic carbocycles. The first-order valence-corrected chi connectivity index (χ1v) is 9.53. The van der Waals surface area contributed by atoms with Gasteiger partial charge >= 0.3 is 0 Å². The average molecular weight is 405 g/mol. The highest BCUT2D eigenvalue weighted by Crippen LogP contribution is 2.28. The van der Waals surface area contributed by atoms with Crippen LogP contribution in [-0.4, -0.2) is 25.9 Å². The molecule has 0 bridgehead atoms. The second kappa shape index (κ2) is 8.10. The lowest BCUT2D eigenvalue weighted by Crippen LogP contribution is -2.23. The number of aryl methyl sites for hydroxylation is 2. The highest BCUT2D eigenvalue weighted by molar-refractivity contribution is 8.00. The summed E-state index contributed by atoms with van der Waals surface area (Å²) in [6.45, 7) is 5.64. The molecule has 0 radical (unpaired) electrons. The van der Waals surface area contributed by atoms with E-state index in [1.807, 2.05) is 42.7 Å². The number of para-hydroxylation sites is 1. The van der Waals surface area contributed by atoms with E-state index < -0.39 is 11.1 Å². The van der Waals surface area contributed by atoms with Crippen molar-refractivity contribution in [3.8, 4) is 5.69 Å². The second-order valence-electron chi connectivity index (χ2n) is 6.03. The van der Waals surface area contributed by atoms with Crippen LogP contribution in [-0.2, 0) is 4.79 Å². The van der Waals surface area contributed by atoms with E-state index in [1.165, 1.54) is 23.9 Å². The van der Waals surface area contributed by atoms with Gasteiger partial charge in [0.2, 0.25) is 5.91 Å². The van der Waals surface area contributed by atoms with Crippen molar-refractivity contribution in [3.63, 3.8) is 0 Å². The van der Waals surface area contributed by atoms with Gasteiger partial charge in [-0.3, -0.25) is 9.36 Å². The lowest BCUT2D eigenvalue weighted by Gasteiger charge is -2.15. The minimum absolute atomic E-state index is 0.152. The van der Waals surface area contributed by atoms with Gasteiger partial charge in [-0.15, -0.1) is 10.2 Å². The molecule has 1 heterocycles. The van der Waals surface area contributed by atoms with E-state index in [0.29, 0.717) is 10.8 Å². The molecule has 0 fully saturated rings. The van der Waals surface area contributed by atoms with Gasteiger partial charge in [0.05, 0.1) is 21.6 Å². The smallest absolute Gasteiger partial charge is 0.237 e. The van der Waals surface area contributed by atoms with Gasteiger partial charge in [0.25, 0.3) is 0 Å². The summed E-state index contributed by atoms with van der Waals surface area (Å²) in [5.74, 6) is 0.0220. The summed E-state index contributed by atoms with van der Waals surface area (Å²) in [6.07, 6.45) is 0. The molecule has 5 nitrogen and oxygen atoms in total. The summed E-state index contributed by atoms with van der Waals surface area (Å²) in [5.41, 5.74) is 2.42. The lowest BCUT2D eigenvalue weighted by atomic mass is 10.2. The van der Waals surface area contributed by atoms with E-state index in [4.69, 9.17) is 11.6 Å². The third-order valence-electron chi connectivity index (χ3n) is 3.99. The van der Waals surface area contributed by atoms with Gasteiger partial charge in [-0.2, -0.15) is 0 Å². The van der Waals surface area contributed by atoms with Crippen LogP contribution in [0, 0.1) is 19.7 Å². The number of nitrogens with zero attached hydrogens (tertiary/aromatic N) is 3. The van der Waals surface area contributed by atoms with Crippen molar-refractivity contribution in [1.29, 1.82) is 0 Å². The highest BCUT2D eigenvalue weighted by Gasteiger charge is 2.21. The number of halogens is 2. The summed E-state index contributed by atoms with van der Waals surface area (Å²) in [7, 11) is 0. The molecule has 0 aliphatic carbocycles. The van der Waals surface area contributed by atoms with Gasteiger partial charge < -0.3 is 5.32 Å². The van der Waals surface area contributed by atoms with E-state index >= 15 is 0 Å².